The maximum absolute atomic E-state index is 13.0. The molecule has 0 radical (unpaired) electrons. The number of nitrogens with zero attached hydrogens (tertiary/aromatic N) is 1. The number of ether oxygens (including phenoxy) is 1. The van der Waals surface area contributed by atoms with Crippen LogP contribution in [-0.2, 0) is 12.7 Å². The Bertz CT molecular complexity index is 1140. The van der Waals surface area contributed by atoms with Crippen LogP contribution in [0.4, 0.5) is 13.2 Å². The lowest BCUT2D eigenvalue weighted by atomic mass is 10.1. The van der Waals surface area contributed by atoms with Crippen LogP contribution in [0.25, 0.3) is 5.69 Å². The van der Waals surface area contributed by atoms with E-state index in [2.05, 4.69) is 5.32 Å². The molecule has 0 spiro atoms. The van der Waals surface area contributed by atoms with Crippen LogP contribution in [0.5, 0.6) is 5.75 Å². The maximum atomic E-state index is 13.0. The molecule has 0 fully saturated rings. The van der Waals surface area contributed by atoms with Crippen molar-refractivity contribution in [1.29, 1.82) is 0 Å². The van der Waals surface area contributed by atoms with Crippen molar-refractivity contribution in [3.63, 3.8) is 0 Å². The van der Waals surface area contributed by atoms with Crippen molar-refractivity contribution in [2.45, 2.75) is 19.6 Å². The number of halogens is 3. The monoisotopic (exact) mass is 416 g/mol. The first-order valence-corrected chi connectivity index (χ1v) is 9.02. The zero-order valence-corrected chi connectivity index (χ0v) is 16.3. The lowest BCUT2D eigenvalue weighted by Crippen LogP contribution is -2.33. The Morgan fingerprint density at radius 2 is 1.80 bits per heavy atom. The molecule has 30 heavy (non-hydrogen) atoms. The summed E-state index contributed by atoms with van der Waals surface area (Å²) < 4.78 is 45.4. The van der Waals surface area contributed by atoms with Crippen molar-refractivity contribution in [1.82, 2.24) is 9.88 Å². The van der Waals surface area contributed by atoms with Crippen LogP contribution >= 0.6 is 0 Å². The van der Waals surface area contributed by atoms with Crippen molar-refractivity contribution in [3.8, 4) is 11.4 Å². The molecule has 156 valence electrons. The van der Waals surface area contributed by atoms with Gasteiger partial charge in [-0.3, -0.25) is 14.2 Å². The predicted molar refractivity (Wildman–Crippen MR) is 106 cm³/mol. The maximum Gasteiger partial charge on any atom is 0.416 e. The van der Waals surface area contributed by atoms with Gasteiger partial charge < -0.3 is 10.1 Å². The number of pyridine rings is 1. The first-order valence-electron chi connectivity index (χ1n) is 9.02. The Morgan fingerprint density at radius 1 is 1.07 bits per heavy atom. The molecule has 1 N–H and O–H groups in total. The van der Waals surface area contributed by atoms with Gasteiger partial charge in [-0.1, -0.05) is 18.2 Å². The average molecular weight is 416 g/mol. The summed E-state index contributed by atoms with van der Waals surface area (Å²) in [7, 11) is 1.53. The summed E-state index contributed by atoms with van der Waals surface area (Å²) in [6.45, 7) is 1.74. The molecule has 0 saturated carbocycles. The van der Waals surface area contributed by atoms with Gasteiger partial charge in [0.05, 0.1) is 12.7 Å². The quantitative estimate of drug-likeness (QED) is 0.681. The van der Waals surface area contributed by atoms with E-state index < -0.39 is 23.2 Å². The minimum Gasteiger partial charge on any atom is -0.497 e. The lowest BCUT2D eigenvalue weighted by Gasteiger charge is -2.14. The number of hydrogen-bond acceptors (Lipinski definition) is 3. The van der Waals surface area contributed by atoms with Crippen molar-refractivity contribution >= 4 is 5.91 Å². The predicted octanol–water partition coefficient (Wildman–Crippen LogP) is 4.10. The van der Waals surface area contributed by atoms with Gasteiger partial charge in [0.25, 0.3) is 11.5 Å². The van der Waals surface area contributed by atoms with Crippen molar-refractivity contribution in [2.24, 2.45) is 0 Å². The molecule has 0 aliphatic carbocycles. The fourth-order valence-corrected chi connectivity index (χ4v) is 3.01. The largest absolute Gasteiger partial charge is 0.497 e. The van der Waals surface area contributed by atoms with Gasteiger partial charge in [0.15, 0.2) is 0 Å². The minimum absolute atomic E-state index is 0.0368. The number of alkyl halides is 3. The third-order valence-electron chi connectivity index (χ3n) is 4.54. The third kappa shape index (κ3) is 4.53. The molecule has 0 aliphatic heterocycles. The molecule has 0 bridgehead atoms. The fraction of sp³-hybridized carbons (Fsp3) is 0.182. The van der Waals surface area contributed by atoms with Gasteiger partial charge in [-0.2, -0.15) is 13.2 Å². The number of amides is 1. The van der Waals surface area contributed by atoms with E-state index in [1.54, 1.807) is 31.2 Å². The van der Waals surface area contributed by atoms with Gasteiger partial charge in [-0.05, 0) is 55.0 Å². The van der Waals surface area contributed by atoms with E-state index in [4.69, 9.17) is 4.74 Å². The van der Waals surface area contributed by atoms with Crippen molar-refractivity contribution in [3.05, 3.63) is 93.4 Å². The summed E-state index contributed by atoms with van der Waals surface area (Å²) in [4.78, 5) is 25.5. The number of methoxy groups -OCH3 is 1. The van der Waals surface area contributed by atoms with Gasteiger partial charge in [0.2, 0.25) is 0 Å². The van der Waals surface area contributed by atoms with Crippen LogP contribution in [0.15, 0.2) is 65.5 Å². The van der Waals surface area contributed by atoms with Gasteiger partial charge >= 0.3 is 6.18 Å². The van der Waals surface area contributed by atoms with Crippen LogP contribution in [0.2, 0.25) is 0 Å². The Morgan fingerprint density at radius 3 is 2.50 bits per heavy atom. The number of carbonyl (C=O) groups excluding carboxylic acids is 1. The van der Waals surface area contributed by atoms with Crippen LogP contribution in [-0.4, -0.2) is 17.6 Å². The minimum atomic E-state index is -4.54. The van der Waals surface area contributed by atoms with Gasteiger partial charge in [0, 0.05) is 17.9 Å². The van der Waals surface area contributed by atoms with Crippen molar-refractivity contribution < 1.29 is 22.7 Å². The third-order valence-corrected chi connectivity index (χ3v) is 4.54. The van der Waals surface area contributed by atoms with E-state index in [1.807, 2.05) is 0 Å². The summed E-state index contributed by atoms with van der Waals surface area (Å²) in [6, 6.07) is 14.4. The molecule has 3 rings (SSSR count). The number of rotatable bonds is 5. The highest BCUT2D eigenvalue weighted by molar-refractivity contribution is 5.93. The molecule has 0 unspecified atom stereocenters. The summed E-state index contributed by atoms with van der Waals surface area (Å²) >= 11 is 0. The van der Waals surface area contributed by atoms with Crippen LogP contribution < -0.4 is 15.6 Å². The topological polar surface area (TPSA) is 60.3 Å². The van der Waals surface area contributed by atoms with E-state index in [0.717, 1.165) is 22.3 Å². The first-order chi connectivity index (χ1) is 14.2. The lowest BCUT2D eigenvalue weighted by molar-refractivity contribution is -0.137. The van der Waals surface area contributed by atoms with E-state index in [0.29, 0.717) is 11.4 Å². The molecule has 3 aromatic rings. The smallest absolute Gasteiger partial charge is 0.416 e. The van der Waals surface area contributed by atoms with E-state index in [1.165, 1.54) is 31.4 Å². The molecule has 1 heterocycles. The first kappa shape index (κ1) is 21.2. The van der Waals surface area contributed by atoms with Crippen LogP contribution in [0, 0.1) is 6.92 Å². The number of benzene rings is 2. The fourth-order valence-electron chi connectivity index (χ4n) is 3.01. The second-order valence-corrected chi connectivity index (χ2v) is 6.61. The Kier molecular flexibility index (Phi) is 5.96. The molecular weight excluding hydrogens is 397 g/mol. The Balaban J connectivity index is 1.91. The molecule has 1 aromatic heterocycles. The molecular formula is C22H19F3N2O3. The molecule has 0 atom stereocenters. The van der Waals surface area contributed by atoms with E-state index in [9.17, 15) is 22.8 Å². The number of hydrogen-bond donors (Lipinski definition) is 1. The van der Waals surface area contributed by atoms with Gasteiger partial charge in [-0.15, -0.1) is 0 Å². The molecule has 1 amide bonds. The number of aromatic nitrogens is 1. The van der Waals surface area contributed by atoms with Crippen molar-refractivity contribution in [2.75, 3.05) is 7.11 Å². The Hall–Kier alpha value is -3.55. The molecule has 0 aliphatic rings. The Labute approximate surface area is 170 Å². The van der Waals surface area contributed by atoms with Gasteiger partial charge in [-0.25, -0.2) is 0 Å². The summed E-state index contributed by atoms with van der Waals surface area (Å²) in [5.74, 6) is 0.00697. The van der Waals surface area contributed by atoms with E-state index >= 15 is 0 Å². The average Bonchev–Trinajstić information content (AvgIpc) is 2.72. The highest BCUT2D eigenvalue weighted by Crippen LogP contribution is 2.30. The zero-order chi connectivity index (χ0) is 21.9. The van der Waals surface area contributed by atoms with E-state index in [-0.39, 0.29) is 17.8 Å². The molecule has 5 nitrogen and oxygen atoms in total. The normalized spacial score (nSPS) is 11.2. The van der Waals surface area contributed by atoms with Crippen LogP contribution in [0.3, 0.4) is 0 Å². The highest BCUT2D eigenvalue weighted by Gasteiger charge is 2.30. The highest BCUT2D eigenvalue weighted by atomic mass is 19.4. The molecule has 0 saturated heterocycles. The summed E-state index contributed by atoms with van der Waals surface area (Å²) in [5.41, 5.74) is -0.524. The molecule has 8 heteroatoms. The number of carbonyl (C=O) groups is 1. The number of aryl methyl sites for hydroxylation is 1. The second-order valence-electron chi connectivity index (χ2n) is 6.61. The summed E-state index contributed by atoms with van der Waals surface area (Å²) in [6.07, 6.45) is -4.54. The van der Waals surface area contributed by atoms with Crippen LogP contribution in [0.1, 0.15) is 27.2 Å². The molecule has 2 aromatic carbocycles. The second kappa shape index (κ2) is 8.44. The SMILES string of the molecule is COc1cccc(CNC(=O)c2ccc(C)n(-c3cccc(C(F)(F)F)c3)c2=O)c1. The van der Waals surface area contributed by atoms with Gasteiger partial charge in [0.1, 0.15) is 11.3 Å². The summed E-state index contributed by atoms with van der Waals surface area (Å²) in [5, 5.41) is 2.65. The zero-order valence-electron chi connectivity index (χ0n) is 16.3. The number of nitrogens with one attached hydrogen (secondary N) is 1. The standard InChI is InChI=1S/C22H19F3N2O3/c1-14-9-10-19(20(28)26-13-15-5-3-8-18(11-15)30-2)21(29)27(14)17-7-4-6-16(12-17)22(23,24)25/h3-12H,13H2,1-2H3,(H,26,28).